The topological polar surface area (TPSA) is 67.4 Å². The number of hydrogen-bond donors (Lipinski definition) is 2. The van der Waals surface area contributed by atoms with Crippen molar-refractivity contribution in [3.8, 4) is 5.75 Å². The van der Waals surface area contributed by atoms with Crippen molar-refractivity contribution in [2.75, 3.05) is 6.61 Å². The molecule has 6 heteroatoms. The van der Waals surface area contributed by atoms with Gasteiger partial charge in [-0.15, -0.1) is 0 Å². The third kappa shape index (κ3) is 3.34. The van der Waals surface area contributed by atoms with Crippen molar-refractivity contribution in [3.63, 3.8) is 0 Å². The molecule has 1 aliphatic carbocycles. The number of rotatable bonds is 5. The number of nitrogens with one attached hydrogen (secondary N) is 2. The van der Waals surface area contributed by atoms with E-state index < -0.39 is 5.54 Å². The molecule has 23 heavy (non-hydrogen) atoms. The van der Waals surface area contributed by atoms with Crippen LogP contribution in [0.25, 0.3) is 0 Å². The summed E-state index contributed by atoms with van der Waals surface area (Å²) in [6, 6.07) is 5.18. The lowest BCUT2D eigenvalue weighted by Crippen LogP contribution is -2.55. The van der Waals surface area contributed by atoms with Gasteiger partial charge in [0.1, 0.15) is 12.4 Å². The first-order chi connectivity index (χ1) is 11.0. The summed E-state index contributed by atoms with van der Waals surface area (Å²) in [5, 5.41) is 6.48. The van der Waals surface area contributed by atoms with Gasteiger partial charge in [-0.1, -0.05) is 18.2 Å². The minimum Gasteiger partial charge on any atom is -0.491 e. The van der Waals surface area contributed by atoms with Crippen molar-refractivity contribution in [3.05, 3.63) is 41.4 Å². The van der Waals surface area contributed by atoms with Crippen molar-refractivity contribution in [2.24, 2.45) is 0 Å². The lowest BCUT2D eigenvalue weighted by molar-refractivity contribution is -0.126. The first-order valence-corrected chi connectivity index (χ1v) is 8.05. The molecule has 3 rings (SSSR count). The van der Waals surface area contributed by atoms with Crippen LogP contribution >= 0.6 is 11.6 Å². The van der Waals surface area contributed by atoms with Gasteiger partial charge in [0.05, 0.1) is 6.04 Å². The number of fused-ring (bicyclic) bond motifs is 1. The molecule has 1 aliphatic heterocycles. The molecule has 2 amide bonds. The standard InChI is InChI=1S/C17H19ClN2O3/c1-2-15(21)20-17(6-3-7-17)9-16(22)19-13-10-23-14-5-4-11(18)8-12(13)14/h2,4-5,8,13H,1,3,6-7,9-10H2,(H,19,22)(H,20,21). The van der Waals surface area contributed by atoms with Gasteiger partial charge in [-0.25, -0.2) is 0 Å². The molecule has 1 aromatic rings. The van der Waals surface area contributed by atoms with Crippen molar-refractivity contribution >= 4 is 23.4 Å². The van der Waals surface area contributed by atoms with E-state index in [1.54, 1.807) is 6.07 Å². The maximum Gasteiger partial charge on any atom is 0.243 e. The zero-order valence-corrected chi connectivity index (χ0v) is 13.5. The minimum absolute atomic E-state index is 0.101. The summed E-state index contributed by atoms with van der Waals surface area (Å²) in [4.78, 5) is 23.9. The number of hydrogen-bond acceptors (Lipinski definition) is 3. The number of ether oxygens (including phenoxy) is 1. The molecular weight excluding hydrogens is 316 g/mol. The monoisotopic (exact) mass is 334 g/mol. The van der Waals surface area contributed by atoms with Crippen molar-refractivity contribution < 1.29 is 14.3 Å². The maximum atomic E-state index is 12.4. The summed E-state index contributed by atoms with van der Waals surface area (Å²) < 4.78 is 5.56. The Morgan fingerprint density at radius 1 is 1.43 bits per heavy atom. The summed E-state index contributed by atoms with van der Waals surface area (Å²) >= 11 is 6.01. The molecule has 0 spiro atoms. The number of carbonyl (C=O) groups excluding carboxylic acids is 2. The van der Waals surface area contributed by atoms with Crippen LogP contribution in [0.4, 0.5) is 0 Å². The van der Waals surface area contributed by atoms with Crippen molar-refractivity contribution in [1.82, 2.24) is 10.6 Å². The molecule has 1 fully saturated rings. The van der Waals surface area contributed by atoms with Crippen LogP contribution in [0, 0.1) is 0 Å². The summed E-state index contributed by atoms with van der Waals surface area (Å²) in [5.41, 5.74) is 0.454. The van der Waals surface area contributed by atoms with Gasteiger partial charge in [0, 0.05) is 22.5 Å². The van der Waals surface area contributed by atoms with Gasteiger partial charge in [0.15, 0.2) is 0 Å². The van der Waals surface area contributed by atoms with Crippen LogP contribution in [0.2, 0.25) is 5.02 Å². The lowest BCUT2D eigenvalue weighted by Gasteiger charge is -2.42. The summed E-state index contributed by atoms with van der Waals surface area (Å²) in [6.45, 7) is 3.85. The van der Waals surface area contributed by atoms with Gasteiger partial charge < -0.3 is 15.4 Å². The number of amides is 2. The largest absolute Gasteiger partial charge is 0.491 e. The molecule has 2 aliphatic rings. The van der Waals surface area contributed by atoms with E-state index >= 15 is 0 Å². The second-order valence-electron chi connectivity index (χ2n) is 6.12. The maximum absolute atomic E-state index is 12.4. The second kappa shape index (κ2) is 6.24. The van der Waals surface area contributed by atoms with Crippen molar-refractivity contribution in [1.29, 1.82) is 0 Å². The molecule has 1 atom stereocenters. The lowest BCUT2D eigenvalue weighted by atomic mass is 9.74. The Hall–Kier alpha value is -2.01. The summed E-state index contributed by atoms with van der Waals surface area (Å²) in [5.74, 6) is 0.410. The highest BCUT2D eigenvalue weighted by Crippen LogP contribution is 2.37. The zero-order valence-electron chi connectivity index (χ0n) is 12.7. The fourth-order valence-corrected chi connectivity index (χ4v) is 3.30. The molecule has 1 aromatic carbocycles. The van der Waals surface area contributed by atoms with Gasteiger partial charge in [-0.05, 0) is 43.5 Å². The van der Waals surface area contributed by atoms with E-state index in [2.05, 4.69) is 17.2 Å². The van der Waals surface area contributed by atoms with Gasteiger partial charge in [-0.3, -0.25) is 9.59 Å². The van der Waals surface area contributed by atoms with E-state index in [0.29, 0.717) is 11.6 Å². The first-order valence-electron chi connectivity index (χ1n) is 7.67. The highest BCUT2D eigenvalue weighted by atomic mass is 35.5. The Morgan fingerprint density at radius 2 is 2.22 bits per heavy atom. The van der Waals surface area contributed by atoms with Crippen LogP contribution in [0.15, 0.2) is 30.9 Å². The van der Waals surface area contributed by atoms with Gasteiger partial charge in [0.2, 0.25) is 11.8 Å². The molecule has 0 saturated heterocycles. The molecule has 2 N–H and O–H groups in total. The summed E-state index contributed by atoms with van der Waals surface area (Å²) in [6.07, 6.45) is 4.13. The van der Waals surface area contributed by atoms with E-state index in [1.807, 2.05) is 12.1 Å². The van der Waals surface area contributed by atoms with Gasteiger partial charge in [0.25, 0.3) is 0 Å². The molecule has 0 aromatic heterocycles. The molecule has 1 heterocycles. The number of benzene rings is 1. The Bertz CT molecular complexity index is 655. The smallest absolute Gasteiger partial charge is 0.243 e. The van der Waals surface area contributed by atoms with E-state index in [-0.39, 0.29) is 24.3 Å². The van der Waals surface area contributed by atoms with E-state index in [1.165, 1.54) is 6.08 Å². The molecule has 0 radical (unpaired) electrons. The quantitative estimate of drug-likeness (QED) is 0.813. The Labute approximate surface area is 140 Å². The first kappa shape index (κ1) is 15.9. The van der Waals surface area contributed by atoms with Gasteiger partial charge in [-0.2, -0.15) is 0 Å². The average molecular weight is 335 g/mol. The molecule has 0 bridgehead atoms. The van der Waals surface area contributed by atoms with Crippen LogP contribution in [0.1, 0.15) is 37.3 Å². The fourth-order valence-electron chi connectivity index (χ4n) is 3.12. The third-order valence-corrected chi connectivity index (χ3v) is 4.71. The molecule has 1 unspecified atom stereocenters. The molecule has 122 valence electrons. The molecular formula is C17H19ClN2O3. The Balaban J connectivity index is 1.63. The highest BCUT2D eigenvalue weighted by molar-refractivity contribution is 6.30. The van der Waals surface area contributed by atoms with E-state index in [9.17, 15) is 9.59 Å². The number of halogens is 1. The minimum atomic E-state index is -0.439. The second-order valence-corrected chi connectivity index (χ2v) is 6.55. The van der Waals surface area contributed by atoms with E-state index in [4.69, 9.17) is 16.3 Å². The highest BCUT2D eigenvalue weighted by Gasteiger charge is 2.40. The average Bonchev–Trinajstić information content (AvgIpc) is 2.87. The normalized spacial score (nSPS) is 20.7. The third-order valence-electron chi connectivity index (χ3n) is 4.47. The van der Waals surface area contributed by atoms with Crippen LogP contribution in [-0.4, -0.2) is 24.0 Å². The predicted molar refractivity (Wildman–Crippen MR) is 87.4 cm³/mol. The van der Waals surface area contributed by atoms with Gasteiger partial charge >= 0.3 is 0 Å². The fraction of sp³-hybridized carbons (Fsp3) is 0.412. The van der Waals surface area contributed by atoms with Crippen LogP contribution in [-0.2, 0) is 9.59 Å². The predicted octanol–water partition coefficient (Wildman–Crippen LogP) is 2.50. The van der Waals surface area contributed by atoms with Crippen LogP contribution < -0.4 is 15.4 Å². The molecule has 5 nitrogen and oxygen atoms in total. The van der Waals surface area contributed by atoms with Crippen LogP contribution in [0.3, 0.4) is 0 Å². The number of carbonyl (C=O) groups is 2. The Kier molecular flexibility index (Phi) is 4.31. The molecule has 1 saturated carbocycles. The van der Waals surface area contributed by atoms with E-state index in [0.717, 1.165) is 30.6 Å². The van der Waals surface area contributed by atoms with Crippen molar-refractivity contribution in [2.45, 2.75) is 37.3 Å². The Morgan fingerprint density at radius 3 is 2.87 bits per heavy atom. The van der Waals surface area contributed by atoms with Crippen LogP contribution in [0.5, 0.6) is 5.75 Å². The summed E-state index contributed by atoms with van der Waals surface area (Å²) in [7, 11) is 0. The SMILES string of the molecule is C=CC(=O)NC1(CC(=O)NC2COc3ccc(Cl)cc32)CCC1. The zero-order chi connectivity index (χ0) is 16.4.